The van der Waals surface area contributed by atoms with E-state index in [-0.39, 0.29) is 28.6 Å². The van der Waals surface area contributed by atoms with Crippen molar-refractivity contribution in [3.63, 3.8) is 0 Å². The van der Waals surface area contributed by atoms with Gasteiger partial charge in [0.05, 0.1) is 5.56 Å². The third kappa shape index (κ3) is 3.14. The summed E-state index contributed by atoms with van der Waals surface area (Å²) in [4.78, 5) is 11.9. The van der Waals surface area contributed by atoms with E-state index >= 15 is 0 Å². The van der Waals surface area contributed by atoms with Crippen LogP contribution in [0.1, 0.15) is 21.5 Å². The Morgan fingerprint density at radius 3 is 2.33 bits per heavy atom. The van der Waals surface area contributed by atoms with Gasteiger partial charge in [-0.25, -0.2) is 0 Å². The van der Waals surface area contributed by atoms with Crippen LogP contribution in [0.15, 0.2) is 36.4 Å². The van der Waals surface area contributed by atoms with Crippen LogP contribution < -0.4 is 0 Å². The number of phenols is 4. The first-order chi connectivity index (χ1) is 9.88. The van der Waals surface area contributed by atoms with E-state index < -0.39 is 5.78 Å². The second-order valence-electron chi connectivity index (χ2n) is 4.60. The summed E-state index contributed by atoms with van der Waals surface area (Å²) in [5, 5.41) is 37.7. The molecule has 0 bridgehead atoms. The highest BCUT2D eigenvalue weighted by atomic mass is 16.3. The van der Waals surface area contributed by atoms with Crippen LogP contribution >= 0.6 is 0 Å². The van der Waals surface area contributed by atoms with Gasteiger partial charge in [0.15, 0.2) is 17.3 Å². The number of benzene rings is 2. The Morgan fingerprint density at radius 2 is 1.71 bits per heavy atom. The Balaban J connectivity index is 2.27. The predicted molar refractivity (Wildman–Crippen MR) is 77.6 cm³/mol. The van der Waals surface area contributed by atoms with Gasteiger partial charge in [-0.15, -0.1) is 0 Å². The molecule has 0 saturated heterocycles. The first-order valence-electron chi connectivity index (χ1n) is 6.15. The Kier molecular flexibility index (Phi) is 3.84. The molecular weight excluding hydrogens is 272 g/mol. The summed E-state index contributed by atoms with van der Waals surface area (Å²) in [5.74, 6) is -1.36. The average molecular weight is 286 g/mol. The van der Waals surface area contributed by atoms with Crippen LogP contribution in [0.2, 0.25) is 0 Å². The fourth-order valence-corrected chi connectivity index (χ4v) is 1.87. The molecule has 0 aromatic heterocycles. The zero-order valence-electron chi connectivity index (χ0n) is 11.2. The third-order valence-corrected chi connectivity index (χ3v) is 2.98. The molecule has 108 valence electrons. The van der Waals surface area contributed by atoms with E-state index in [2.05, 4.69) is 0 Å². The molecule has 5 heteroatoms. The van der Waals surface area contributed by atoms with E-state index in [0.29, 0.717) is 11.1 Å². The zero-order valence-corrected chi connectivity index (χ0v) is 11.2. The number of carbonyl (C=O) groups is 1. The van der Waals surface area contributed by atoms with Crippen molar-refractivity contribution in [2.75, 3.05) is 0 Å². The molecule has 0 unspecified atom stereocenters. The minimum atomic E-state index is -0.447. The van der Waals surface area contributed by atoms with Gasteiger partial charge in [0.2, 0.25) is 0 Å². The minimum absolute atomic E-state index is 0.0590. The molecule has 0 spiro atoms. The van der Waals surface area contributed by atoms with Crippen LogP contribution in [-0.2, 0) is 0 Å². The zero-order chi connectivity index (χ0) is 15.6. The first kappa shape index (κ1) is 14.5. The molecule has 21 heavy (non-hydrogen) atoms. The summed E-state index contributed by atoms with van der Waals surface area (Å²) in [6.45, 7) is 1.63. The van der Waals surface area contributed by atoms with Crippen molar-refractivity contribution < 1.29 is 25.2 Å². The van der Waals surface area contributed by atoms with E-state index in [4.69, 9.17) is 0 Å². The number of phenolic OH excluding ortho intramolecular Hbond substituents is 4. The molecule has 2 aromatic carbocycles. The number of rotatable bonds is 3. The Labute approximate surface area is 121 Å². The molecule has 0 aliphatic carbocycles. The van der Waals surface area contributed by atoms with Gasteiger partial charge in [-0.2, -0.15) is 0 Å². The predicted octanol–water partition coefficient (Wildman–Crippen LogP) is 2.71. The minimum Gasteiger partial charge on any atom is -0.508 e. The van der Waals surface area contributed by atoms with Crippen molar-refractivity contribution in [2.24, 2.45) is 0 Å². The third-order valence-electron chi connectivity index (χ3n) is 2.98. The summed E-state index contributed by atoms with van der Waals surface area (Å²) in [5.41, 5.74) is 1.08. The van der Waals surface area contributed by atoms with Gasteiger partial charge in [0, 0.05) is 6.07 Å². The summed E-state index contributed by atoms with van der Waals surface area (Å²) in [7, 11) is 0. The summed E-state index contributed by atoms with van der Waals surface area (Å²) < 4.78 is 0. The molecule has 0 atom stereocenters. The topological polar surface area (TPSA) is 98.0 Å². The molecule has 2 rings (SSSR count). The first-order valence-corrected chi connectivity index (χ1v) is 6.15. The van der Waals surface area contributed by atoms with Gasteiger partial charge in [-0.05, 0) is 48.4 Å². The lowest BCUT2D eigenvalue weighted by Crippen LogP contribution is -1.94. The van der Waals surface area contributed by atoms with E-state index in [1.54, 1.807) is 13.0 Å². The molecule has 0 amide bonds. The SMILES string of the molecule is Cc1cc(/C=C/C(=O)c2ccc(O)cc2O)cc(O)c1O. The smallest absolute Gasteiger partial charge is 0.189 e. The normalized spacial score (nSPS) is 10.9. The van der Waals surface area contributed by atoms with Crippen molar-refractivity contribution in [3.8, 4) is 23.0 Å². The number of hydrogen-bond acceptors (Lipinski definition) is 5. The Bertz CT molecular complexity index is 708. The van der Waals surface area contributed by atoms with Crippen LogP contribution in [0.5, 0.6) is 23.0 Å². The van der Waals surface area contributed by atoms with Gasteiger partial charge in [-0.1, -0.05) is 6.08 Å². The summed E-state index contributed by atoms with van der Waals surface area (Å²) in [6, 6.07) is 6.63. The molecule has 0 aliphatic heterocycles. The summed E-state index contributed by atoms with van der Waals surface area (Å²) in [6.07, 6.45) is 2.69. The second-order valence-corrected chi connectivity index (χ2v) is 4.60. The monoisotopic (exact) mass is 286 g/mol. The standard InChI is InChI=1S/C16H14O5/c1-9-6-10(7-15(20)16(9)21)2-5-13(18)12-4-3-11(17)8-14(12)19/h2-8,17,19-21H,1H3/b5-2+. The number of aromatic hydroxyl groups is 4. The van der Waals surface area contributed by atoms with Crippen LogP contribution in [0.3, 0.4) is 0 Å². The number of ketones is 1. The Morgan fingerprint density at radius 1 is 1.00 bits per heavy atom. The lowest BCUT2D eigenvalue weighted by Gasteiger charge is -2.04. The molecular formula is C16H14O5. The average Bonchev–Trinajstić information content (AvgIpc) is 2.42. The molecule has 0 aliphatic rings. The highest BCUT2D eigenvalue weighted by Crippen LogP contribution is 2.30. The fourth-order valence-electron chi connectivity index (χ4n) is 1.87. The van der Waals surface area contributed by atoms with Gasteiger partial charge < -0.3 is 20.4 Å². The van der Waals surface area contributed by atoms with E-state index in [9.17, 15) is 25.2 Å². The van der Waals surface area contributed by atoms with Gasteiger partial charge >= 0.3 is 0 Å². The van der Waals surface area contributed by atoms with Crippen LogP contribution in [0.25, 0.3) is 6.08 Å². The van der Waals surface area contributed by atoms with Crippen LogP contribution in [0.4, 0.5) is 0 Å². The van der Waals surface area contributed by atoms with Gasteiger partial charge in [0.25, 0.3) is 0 Å². The molecule has 0 radical (unpaired) electrons. The quantitative estimate of drug-likeness (QED) is 0.395. The maximum Gasteiger partial charge on any atom is 0.189 e. The van der Waals surface area contributed by atoms with Crippen molar-refractivity contribution in [1.29, 1.82) is 0 Å². The van der Waals surface area contributed by atoms with Gasteiger partial charge in [0.1, 0.15) is 11.5 Å². The fraction of sp³-hybridized carbons (Fsp3) is 0.0625. The Hall–Kier alpha value is -2.95. The van der Waals surface area contributed by atoms with Gasteiger partial charge in [-0.3, -0.25) is 4.79 Å². The maximum absolute atomic E-state index is 11.9. The lowest BCUT2D eigenvalue weighted by atomic mass is 10.1. The van der Waals surface area contributed by atoms with Crippen LogP contribution in [-0.4, -0.2) is 26.2 Å². The van der Waals surface area contributed by atoms with Crippen LogP contribution in [0, 0.1) is 6.92 Å². The van der Waals surface area contributed by atoms with Crippen molar-refractivity contribution in [1.82, 2.24) is 0 Å². The molecule has 4 N–H and O–H groups in total. The molecule has 0 fully saturated rings. The van der Waals surface area contributed by atoms with Crippen molar-refractivity contribution in [3.05, 3.63) is 53.1 Å². The van der Waals surface area contributed by atoms with Crippen molar-refractivity contribution in [2.45, 2.75) is 6.92 Å². The second kappa shape index (κ2) is 5.58. The highest BCUT2D eigenvalue weighted by Gasteiger charge is 2.09. The molecule has 2 aromatic rings. The molecule has 5 nitrogen and oxygen atoms in total. The highest BCUT2D eigenvalue weighted by molar-refractivity contribution is 6.08. The largest absolute Gasteiger partial charge is 0.508 e. The molecule has 0 heterocycles. The number of allylic oxidation sites excluding steroid dienone is 1. The number of carbonyl (C=O) groups excluding carboxylic acids is 1. The van der Waals surface area contributed by atoms with E-state index in [0.717, 1.165) is 6.07 Å². The van der Waals surface area contributed by atoms with E-state index in [1.807, 2.05) is 0 Å². The molecule has 0 saturated carbocycles. The number of hydrogen-bond donors (Lipinski definition) is 4. The van der Waals surface area contributed by atoms with Crippen molar-refractivity contribution >= 4 is 11.9 Å². The van der Waals surface area contributed by atoms with E-state index in [1.165, 1.54) is 30.4 Å². The summed E-state index contributed by atoms with van der Waals surface area (Å²) >= 11 is 0. The lowest BCUT2D eigenvalue weighted by molar-refractivity contribution is 0.104. The number of aryl methyl sites for hydroxylation is 1. The maximum atomic E-state index is 11.9.